The van der Waals surface area contributed by atoms with Crippen LogP contribution in [-0.2, 0) is 10.0 Å². The Labute approximate surface area is 119 Å². The van der Waals surface area contributed by atoms with E-state index in [1.54, 1.807) is 0 Å². The molecule has 2 rings (SSSR count). The summed E-state index contributed by atoms with van der Waals surface area (Å²) in [6, 6.07) is 0.218. The third-order valence-electron chi connectivity index (χ3n) is 3.60. The fraction of sp³-hybridized carbons (Fsp3) is 0.636. The van der Waals surface area contributed by atoms with Crippen molar-refractivity contribution < 1.29 is 8.42 Å². The fourth-order valence-corrected chi connectivity index (χ4v) is 3.90. The van der Waals surface area contributed by atoms with E-state index in [2.05, 4.69) is 27.2 Å². The SMILES string of the molecule is CC1CN(S(=O)(=O)c2cnc(NN)nc2)CC1N(C)C. The Morgan fingerprint density at radius 1 is 1.35 bits per heavy atom. The molecule has 112 valence electrons. The molecular weight excluding hydrogens is 280 g/mol. The molecule has 0 spiro atoms. The second kappa shape index (κ2) is 5.60. The van der Waals surface area contributed by atoms with Gasteiger partial charge in [0.2, 0.25) is 16.0 Å². The molecular formula is C11H20N6O2S. The highest BCUT2D eigenvalue weighted by molar-refractivity contribution is 7.89. The zero-order chi connectivity index (χ0) is 14.9. The molecule has 0 amide bonds. The van der Waals surface area contributed by atoms with Gasteiger partial charge in [0.15, 0.2) is 0 Å². The molecule has 0 aromatic carbocycles. The lowest BCUT2D eigenvalue weighted by atomic mass is 10.1. The van der Waals surface area contributed by atoms with Crippen LogP contribution in [0, 0.1) is 5.92 Å². The minimum absolute atomic E-state index is 0.0862. The highest BCUT2D eigenvalue weighted by atomic mass is 32.2. The van der Waals surface area contributed by atoms with Crippen molar-refractivity contribution >= 4 is 16.0 Å². The van der Waals surface area contributed by atoms with Crippen LogP contribution in [0.1, 0.15) is 6.92 Å². The highest BCUT2D eigenvalue weighted by Gasteiger charge is 2.38. The van der Waals surface area contributed by atoms with E-state index in [0.29, 0.717) is 13.1 Å². The first-order chi connectivity index (χ1) is 9.36. The Morgan fingerprint density at radius 3 is 2.40 bits per heavy atom. The third-order valence-corrected chi connectivity index (χ3v) is 5.38. The van der Waals surface area contributed by atoms with Gasteiger partial charge in [-0.3, -0.25) is 5.43 Å². The number of rotatable bonds is 4. The maximum absolute atomic E-state index is 12.5. The first kappa shape index (κ1) is 15.1. The molecule has 2 heterocycles. The van der Waals surface area contributed by atoms with Gasteiger partial charge >= 0.3 is 0 Å². The van der Waals surface area contributed by atoms with Crippen LogP contribution in [0.4, 0.5) is 5.95 Å². The molecule has 0 bridgehead atoms. The topological polar surface area (TPSA) is 104 Å². The number of nitrogen functional groups attached to an aromatic ring is 1. The Kier molecular flexibility index (Phi) is 4.23. The van der Waals surface area contributed by atoms with E-state index in [0.717, 1.165) is 0 Å². The predicted octanol–water partition coefficient (Wildman–Crippen LogP) is -0.667. The van der Waals surface area contributed by atoms with Crippen molar-refractivity contribution in [2.24, 2.45) is 11.8 Å². The van der Waals surface area contributed by atoms with Crippen LogP contribution in [0.2, 0.25) is 0 Å². The van der Waals surface area contributed by atoms with Gasteiger partial charge in [-0.15, -0.1) is 0 Å². The van der Waals surface area contributed by atoms with Crippen LogP contribution in [0.5, 0.6) is 0 Å². The summed E-state index contributed by atoms with van der Waals surface area (Å²) in [5, 5.41) is 0. The van der Waals surface area contributed by atoms with Gasteiger partial charge < -0.3 is 4.90 Å². The Morgan fingerprint density at radius 2 is 1.95 bits per heavy atom. The molecule has 1 aliphatic rings. The van der Waals surface area contributed by atoms with Gasteiger partial charge in [-0.25, -0.2) is 24.2 Å². The van der Waals surface area contributed by atoms with Gasteiger partial charge in [0.05, 0.1) is 12.4 Å². The van der Waals surface area contributed by atoms with Crippen LogP contribution in [0.3, 0.4) is 0 Å². The molecule has 0 radical (unpaired) electrons. The lowest BCUT2D eigenvalue weighted by molar-refractivity contribution is 0.263. The summed E-state index contributed by atoms with van der Waals surface area (Å²) in [6.07, 6.45) is 2.54. The summed E-state index contributed by atoms with van der Waals surface area (Å²) in [5.74, 6) is 5.63. The Hall–Kier alpha value is -1.29. The normalized spacial score (nSPS) is 24.2. The van der Waals surface area contributed by atoms with Gasteiger partial charge in [-0.2, -0.15) is 4.31 Å². The molecule has 1 fully saturated rings. The second-order valence-electron chi connectivity index (χ2n) is 5.22. The van der Waals surface area contributed by atoms with E-state index in [1.807, 2.05) is 14.1 Å². The molecule has 0 saturated carbocycles. The number of nitrogens with two attached hydrogens (primary N) is 1. The van der Waals surface area contributed by atoms with Gasteiger partial charge in [-0.1, -0.05) is 6.92 Å². The van der Waals surface area contributed by atoms with Crippen molar-refractivity contribution in [3.8, 4) is 0 Å². The van der Waals surface area contributed by atoms with Crippen LogP contribution >= 0.6 is 0 Å². The van der Waals surface area contributed by atoms with Gasteiger partial charge in [0.1, 0.15) is 4.90 Å². The largest absolute Gasteiger partial charge is 0.305 e. The standard InChI is InChI=1S/C11H20N6O2S/c1-8-6-17(7-10(8)16(2)3)20(18,19)9-4-13-11(15-12)14-5-9/h4-5,8,10H,6-7,12H2,1-3H3,(H,13,14,15). The van der Waals surface area contributed by atoms with Crippen LogP contribution in [0.25, 0.3) is 0 Å². The maximum atomic E-state index is 12.5. The molecule has 9 heteroatoms. The molecule has 8 nitrogen and oxygen atoms in total. The predicted molar refractivity (Wildman–Crippen MR) is 75.2 cm³/mol. The summed E-state index contributed by atoms with van der Waals surface area (Å²) in [5.41, 5.74) is 2.27. The first-order valence-corrected chi connectivity index (χ1v) is 7.75. The first-order valence-electron chi connectivity index (χ1n) is 6.31. The number of hydrogen-bond acceptors (Lipinski definition) is 7. The smallest absolute Gasteiger partial charge is 0.246 e. The van der Waals surface area contributed by atoms with E-state index in [9.17, 15) is 8.42 Å². The third kappa shape index (κ3) is 2.75. The fourth-order valence-electron chi connectivity index (χ4n) is 2.45. The quantitative estimate of drug-likeness (QED) is 0.561. The van der Waals surface area contributed by atoms with E-state index in [4.69, 9.17) is 5.84 Å². The van der Waals surface area contributed by atoms with E-state index in [1.165, 1.54) is 16.7 Å². The summed E-state index contributed by atoms with van der Waals surface area (Å²) in [4.78, 5) is 9.83. The molecule has 1 aromatic rings. The van der Waals surface area contributed by atoms with Crippen LogP contribution in [0.15, 0.2) is 17.3 Å². The average Bonchev–Trinajstić information content (AvgIpc) is 2.82. The number of likely N-dealkylation sites (N-methyl/N-ethyl adjacent to an activating group) is 1. The molecule has 3 N–H and O–H groups in total. The molecule has 1 aromatic heterocycles. The average molecular weight is 300 g/mol. The van der Waals surface area contributed by atoms with Gasteiger partial charge in [-0.05, 0) is 20.0 Å². The van der Waals surface area contributed by atoms with Crippen LogP contribution < -0.4 is 11.3 Å². The highest BCUT2D eigenvalue weighted by Crippen LogP contribution is 2.26. The minimum atomic E-state index is -3.55. The van der Waals surface area contributed by atoms with Crippen molar-refractivity contribution in [2.75, 3.05) is 32.6 Å². The number of nitrogens with one attached hydrogen (secondary N) is 1. The van der Waals surface area contributed by atoms with E-state index < -0.39 is 10.0 Å². The zero-order valence-corrected chi connectivity index (χ0v) is 12.6. The summed E-state index contributed by atoms with van der Waals surface area (Å²) < 4.78 is 26.5. The lowest BCUT2D eigenvalue weighted by Gasteiger charge is -2.22. The number of hydrazine groups is 1. The summed E-state index contributed by atoms with van der Waals surface area (Å²) in [6.45, 7) is 3.04. The Balaban J connectivity index is 2.22. The molecule has 2 unspecified atom stereocenters. The van der Waals surface area contributed by atoms with Crippen molar-refractivity contribution in [1.82, 2.24) is 19.2 Å². The number of anilines is 1. The van der Waals surface area contributed by atoms with Crippen molar-refractivity contribution in [2.45, 2.75) is 17.9 Å². The van der Waals surface area contributed by atoms with Crippen molar-refractivity contribution in [3.05, 3.63) is 12.4 Å². The van der Waals surface area contributed by atoms with Crippen molar-refractivity contribution in [1.29, 1.82) is 0 Å². The number of nitrogens with zero attached hydrogens (tertiary/aromatic N) is 4. The monoisotopic (exact) mass is 300 g/mol. The lowest BCUT2D eigenvalue weighted by Crippen LogP contribution is -2.35. The van der Waals surface area contributed by atoms with Crippen LogP contribution in [-0.4, -0.2) is 60.8 Å². The second-order valence-corrected chi connectivity index (χ2v) is 7.15. The van der Waals surface area contributed by atoms with E-state index >= 15 is 0 Å². The number of hydrogen-bond donors (Lipinski definition) is 2. The van der Waals surface area contributed by atoms with Gasteiger partial charge in [0, 0.05) is 19.1 Å². The molecule has 20 heavy (non-hydrogen) atoms. The van der Waals surface area contributed by atoms with Gasteiger partial charge in [0.25, 0.3) is 0 Å². The minimum Gasteiger partial charge on any atom is -0.305 e. The summed E-state index contributed by atoms with van der Waals surface area (Å²) >= 11 is 0. The molecule has 2 atom stereocenters. The molecule has 0 aliphatic carbocycles. The Bertz CT molecular complexity index is 559. The number of aromatic nitrogens is 2. The zero-order valence-electron chi connectivity index (χ0n) is 11.8. The van der Waals surface area contributed by atoms with Crippen molar-refractivity contribution in [3.63, 3.8) is 0 Å². The summed E-state index contributed by atoms with van der Waals surface area (Å²) in [7, 11) is 0.371. The van der Waals surface area contributed by atoms with E-state index in [-0.39, 0.29) is 22.8 Å². The maximum Gasteiger partial charge on any atom is 0.246 e. The molecule has 1 aliphatic heterocycles. The molecule has 1 saturated heterocycles. The number of sulfonamides is 1.